The monoisotopic (exact) mass is 269 g/mol. The van der Waals surface area contributed by atoms with Crippen LogP contribution in [0.4, 0.5) is 0 Å². The zero-order chi connectivity index (χ0) is 13.4. The Morgan fingerprint density at radius 1 is 1.39 bits per heavy atom. The predicted octanol–water partition coefficient (Wildman–Crippen LogP) is 3.30. The molecule has 0 atom stereocenters. The van der Waals surface area contributed by atoms with Crippen LogP contribution >= 0.6 is 11.3 Å². The average Bonchev–Trinajstić information content (AvgIpc) is 2.77. The van der Waals surface area contributed by atoms with Crippen molar-refractivity contribution in [3.05, 3.63) is 16.1 Å². The molecule has 1 aromatic rings. The number of aromatic nitrogens is 1. The van der Waals surface area contributed by atoms with E-state index in [1.54, 1.807) is 11.3 Å². The third-order valence-corrected chi connectivity index (χ3v) is 4.06. The predicted molar refractivity (Wildman–Crippen MR) is 79.6 cm³/mol. The van der Waals surface area contributed by atoms with Gasteiger partial charge < -0.3 is 11.1 Å². The first-order valence-corrected chi connectivity index (χ1v) is 7.79. The largest absolute Gasteiger partial charge is 0.325 e. The van der Waals surface area contributed by atoms with Crippen molar-refractivity contribution in [2.75, 3.05) is 6.54 Å². The lowest BCUT2D eigenvalue weighted by atomic mass is 9.87. The van der Waals surface area contributed by atoms with Gasteiger partial charge >= 0.3 is 0 Å². The van der Waals surface area contributed by atoms with Crippen LogP contribution in [0.5, 0.6) is 0 Å². The lowest BCUT2D eigenvalue weighted by Crippen LogP contribution is -2.29. The van der Waals surface area contributed by atoms with Crippen molar-refractivity contribution in [2.45, 2.75) is 59.5 Å². The first-order chi connectivity index (χ1) is 8.57. The highest BCUT2D eigenvalue weighted by Gasteiger charge is 2.16. The fourth-order valence-electron chi connectivity index (χ4n) is 1.99. The van der Waals surface area contributed by atoms with Crippen LogP contribution in [0.2, 0.25) is 0 Å². The van der Waals surface area contributed by atoms with Crippen LogP contribution in [-0.2, 0) is 13.1 Å². The summed E-state index contributed by atoms with van der Waals surface area (Å²) in [4.78, 5) is 4.45. The van der Waals surface area contributed by atoms with Gasteiger partial charge in [-0.25, -0.2) is 4.98 Å². The highest BCUT2D eigenvalue weighted by Crippen LogP contribution is 2.22. The molecule has 0 saturated heterocycles. The standard InChI is InChI=1S/C14H27N3S/c1-4-5-6-7-14(2,3)11-16-9-12-10-18-13(8-15)17-12/h10,16H,4-9,11,15H2,1-3H3. The second-order valence-corrected chi connectivity index (χ2v) is 6.60. The molecule has 1 heterocycles. The molecule has 0 amide bonds. The van der Waals surface area contributed by atoms with E-state index in [0.717, 1.165) is 23.8 Å². The molecule has 0 aliphatic heterocycles. The van der Waals surface area contributed by atoms with E-state index in [1.165, 1.54) is 25.7 Å². The number of hydrogen-bond donors (Lipinski definition) is 2. The molecular weight excluding hydrogens is 242 g/mol. The Bertz CT molecular complexity index is 334. The van der Waals surface area contributed by atoms with E-state index in [2.05, 4.69) is 36.5 Å². The maximum absolute atomic E-state index is 5.56. The molecular formula is C14H27N3S. The molecule has 0 saturated carbocycles. The SMILES string of the molecule is CCCCCC(C)(C)CNCc1csc(CN)n1. The quantitative estimate of drug-likeness (QED) is 0.676. The summed E-state index contributed by atoms with van der Waals surface area (Å²) < 4.78 is 0. The molecule has 1 rings (SSSR count). The lowest BCUT2D eigenvalue weighted by Gasteiger charge is -2.24. The van der Waals surface area contributed by atoms with E-state index in [-0.39, 0.29) is 0 Å². The van der Waals surface area contributed by atoms with E-state index in [9.17, 15) is 0 Å². The summed E-state index contributed by atoms with van der Waals surface area (Å²) in [7, 11) is 0. The van der Waals surface area contributed by atoms with Gasteiger partial charge in [0.2, 0.25) is 0 Å². The van der Waals surface area contributed by atoms with E-state index in [1.807, 2.05) is 0 Å². The van der Waals surface area contributed by atoms with Gasteiger partial charge in [-0.15, -0.1) is 11.3 Å². The van der Waals surface area contributed by atoms with Gasteiger partial charge in [-0.3, -0.25) is 0 Å². The molecule has 3 nitrogen and oxygen atoms in total. The summed E-state index contributed by atoms with van der Waals surface area (Å²) in [6.07, 6.45) is 5.26. The molecule has 1 aromatic heterocycles. The molecule has 3 N–H and O–H groups in total. The van der Waals surface area contributed by atoms with Gasteiger partial charge in [-0.1, -0.05) is 40.0 Å². The topological polar surface area (TPSA) is 50.9 Å². The van der Waals surface area contributed by atoms with Crippen molar-refractivity contribution in [3.63, 3.8) is 0 Å². The van der Waals surface area contributed by atoms with Crippen LogP contribution < -0.4 is 11.1 Å². The molecule has 18 heavy (non-hydrogen) atoms. The Balaban J connectivity index is 2.23. The second-order valence-electron chi connectivity index (χ2n) is 5.66. The highest BCUT2D eigenvalue weighted by molar-refractivity contribution is 7.09. The first kappa shape index (κ1) is 15.6. The van der Waals surface area contributed by atoms with Crippen LogP contribution in [0.15, 0.2) is 5.38 Å². The van der Waals surface area contributed by atoms with Crippen molar-refractivity contribution < 1.29 is 0 Å². The molecule has 104 valence electrons. The lowest BCUT2D eigenvalue weighted by molar-refractivity contribution is 0.301. The molecule has 0 unspecified atom stereocenters. The van der Waals surface area contributed by atoms with Gasteiger partial charge in [0.15, 0.2) is 0 Å². The minimum Gasteiger partial charge on any atom is -0.325 e. The Labute approximate surface area is 115 Å². The summed E-state index contributed by atoms with van der Waals surface area (Å²) in [6, 6.07) is 0. The number of rotatable bonds is 9. The highest BCUT2D eigenvalue weighted by atomic mass is 32.1. The van der Waals surface area contributed by atoms with Gasteiger partial charge in [-0.05, 0) is 11.8 Å². The number of thiazole rings is 1. The Kier molecular flexibility index (Phi) is 6.82. The van der Waals surface area contributed by atoms with E-state index < -0.39 is 0 Å². The molecule has 0 fully saturated rings. The maximum atomic E-state index is 5.56. The normalized spacial score (nSPS) is 12.0. The van der Waals surface area contributed by atoms with Crippen LogP contribution in [0.3, 0.4) is 0 Å². The third-order valence-electron chi connectivity index (χ3n) is 3.14. The molecule has 0 aromatic carbocycles. The van der Waals surface area contributed by atoms with Crippen molar-refractivity contribution in [3.8, 4) is 0 Å². The van der Waals surface area contributed by atoms with Crippen molar-refractivity contribution in [1.29, 1.82) is 0 Å². The molecule has 0 aliphatic carbocycles. The average molecular weight is 269 g/mol. The number of hydrogen-bond acceptors (Lipinski definition) is 4. The van der Waals surface area contributed by atoms with Gasteiger partial charge in [-0.2, -0.15) is 0 Å². The summed E-state index contributed by atoms with van der Waals surface area (Å²) in [5.74, 6) is 0. The molecule has 0 radical (unpaired) electrons. The first-order valence-electron chi connectivity index (χ1n) is 6.91. The summed E-state index contributed by atoms with van der Waals surface area (Å²) in [5.41, 5.74) is 7.05. The Morgan fingerprint density at radius 3 is 2.78 bits per heavy atom. The number of nitrogens with two attached hydrogens (primary N) is 1. The van der Waals surface area contributed by atoms with Gasteiger partial charge in [0.05, 0.1) is 5.69 Å². The van der Waals surface area contributed by atoms with E-state index in [4.69, 9.17) is 5.73 Å². The Hall–Kier alpha value is -0.450. The minimum absolute atomic E-state index is 0.377. The van der Waals surface area contributed by atoms with Crippen LogP contribution in [0.1, 0.15) is 57.2 Å². The van der Waals surface area contributed by atoms with Crippen LogP contribution in [0, 0.1) is 5.41 Å². The van der Waals surface area contributed by atoms with Crippen molar-refractivity contribution in [2.24, 2.45) is 11.1 Å². The van der Waals surface area contributed by atoms with Crippen molar-refractivity contribution in [1.82, 2.24) is 10.3 Å². The third kappa shape index (κ3) is 5.94. The van der Waals surface area contributed by atoms with Crippen molar-refractivity contribution >= 4 is 11.3 Å². The zero-order valence-corrected chi connectivity index (χ0v) is 12.8. The molecule has 0 aliphatic rings. The Morgan fingerprint density at radius 2 is 2.17 bits per heavy atom. The molecule has 4 heteroatoms. The summed E-state index contributed by atoms with van der Waals surface area (Å²) in [6.45, 7) is 9.37. The van der Waals surface area contributed by atoms with Gasteiger partial charge in [0, 0.05) is 25.0 Å². The number of nitrogens with one attached hydrogen (secondary N) is 1. The van der Waals surface area contributed by atoms with E-state index >= 15 is 0 Å². The molecule has 0 bridgehead atoms. The zero-order valence-electron chi connectivity index (χ0n) is 12.0. The smallest absolute Gasteiger partial charge is 0.106 e. The van der Waals surface area contributed by atoms with Gasteiger partial charge in [0.25, 0.3) is 0 Å². The van der Waals surface area contributed by atoms with Crippen LogP contribution in [-0.4, -0.2) is 11.5 Å². The second kappa shape index (κ2) is 7.87. The fraction of sp³-hybridized carbons (Fsp3) is 0.786. The van der Waals surface area contributed by atoms with Gasteiger partial charge in [0.1, 0.15) is 5.01 Å². The summed E-state index contributed by atoms with van der Waals surface area (Å²) >= 11 is 1.65. The summed E-state index contributed by atoms with van der Waals surface area (Å²) in [5, 5.41) is 6.63. The number of unbranched alkanes of at least 4 members (excludes halogenated alkanes) is 2. The maximum Gasteiger partial charge on any atom is 0.106 e. The van der Waals surface area contributed by atoms with Crippen LogP contribution in [0.25, 0.3) is 0 Å². The fourth-order valence-corrected chi connectivity index (χ4v) is 2.67. The minimum atomic E-state index is 0.377. The molecule has 0 spiro atoms. The number of nitrogens with zero attached hydrogens (tertiary/aromatic N) is 1. The van der Waals surface area contributed by atoms with E-state index in [0.29, 0.717) is 12.0 Å².